The number of amides is 2. The summed E-state index contributed by atoms with van der Waals surface area (Å²) in [5.41, 5.74) is 0.790. The molecule has 0 bridgehead atoms. The van der Waals surface area contributed by atoms with Gasteiger partial charge in [0.05, 0.1) is 0 Å². The van der Waals surface area contributed by atoms with Crippen molar-refractivity contribution in [2.24, 2.45) is 11.8 Å². The predicted molar refractivity (Wildman–Crippen MR) is 103 cm³/mol. The van der Waals surface area contributed by atoms with Crippen LogP contribution in [0, 0.1) is 11.8 Å². The molecule has 0 aromatic heterocycles. The predicted octanol–water partition coefficient (Wildman–Crippen LogP) is 3.97. The summed E-state index contributed by atoms with van der Waals surface area (Å²) in [5.74, 6) is -0.159. The van der Waals surface area contributed by atoms with Crippen molar-refractivity contribution in [2.45, 2.75) is 65.1 Å². The van der Waals surface area contributed by atoms with Crippen molar-refractivity contribution < 1.29 is 23.1 Å². The average Bonchev–Trinajstić information content (AvgIpc) is 2.67. The molecule has 1 saturated carbocycles. The highest BCUT2D eigenvalue weighted by Gasteiger charge is 2.30. The lowest BCUT2D eigenvalue weighted by molar-refractivity contribution is -0.138. The molecule has 1 aliphatic carbocycles. The third kappa shape index (κ3) is 6.46. The van der Waals surface area contributed by atoms with Crippen LogP contribution in [0.2, 0.25) is 0 Å². The highest BCUT2D eigenvalue weighted by molar-refractivity contribution is 5.88. The summed E-state index contributed by atoms with van der Waals surface area (Å²) in [4.78, 5) is 27.0. The third-order valence-corrected chi connectivity index (χ3v) is 5.15. The van der Waals surface area contributed by atoms with Gasteiger partial charge in [-0.3, -0.25) is 9.59 Å². The molecule has 156 valence electrons. The fraction of sp³-hybridized carbons (Fsp3) is 0.619. The van der Waals surface area contributed by atoms with Crippen LogP contribution in [0.15, 0.2) is 24.3 Å². The summed E-state index contributed by atoms with van der Waals surface area (Å²) >= 11 is 0. The van der Waals surface area contributed by atoms with Crippen LogP contribution in [0.25, 0.3) is 0 Å². The van der Waals surface area contributed by atoms with Gasteiger partial charge in [-0.25, -0.2) is 0 Å². The number of rotatable bonds is 8. The molecule has 0 aliphatic heterocycles. The molecule has 0 radical (unpaired) electrons. The van der Waals surface area contributed by atoms with E-state index in [0.717, 1.165) is 31.2 Å². The van der Waals surface area contributed by atoms with Gasteiger partial charge < -0.3 is 15.0 Å². The first kappa shape index (κ1) is 22.1. The molecule has 2 rings (SSSR count). The molecule has 1 fully saturated rings. The van der Waals surface area contributed by atoms with Crippen LogP contribution >= 0.6 is 0 Å². The van der Waals surface area contributed by atoms with Crippen molar-refractivity contribution in [1.82, 2.24) is 10.2 Å². The zero-order chi connectivity index (χ0) is 20.7. The number of carbonyl (C=O) groups is 2. The van der Waals surface area contributed by atoms with Gasteiger partial charge in [-0.2, -0.15) is 8.78 Å². The number of hydrogen-bond acceptors (Lipinski definition) is 3. The fourth-order valence-corrected chi connectivity index (χ4v) is 3.51. The molecule has 1 N–H and O–H groups in total. The molecule has 0 saturated heterocycles. The molecular formula is C21H30F2N2O3. The summed E-state index contributed by atoms with van der Waals surface area (Å²) in [6.07, 6.45) is 5.05. The Bertz CT molecular complexity index is 644. The molecule has 0 unspecified atom stereocenters. The van der Waals surface area contributed by atoms with Crippen molar-refractivity contribution in [2.75, 3.05) is 7.05 Å². The van der Waals surface area contributed by atoms with E-state index in [1.54, 1.807) is 24.1 Å². The smallest absolute Gasteiger partial charge is 0.387 e. The van der Waals surface area contributed by atoms with E-state index in [-0.39, 0.29) is 29.4 Å². The van der Waals surface area contributed by atoms with Gasteiger partial charge in [0.1, 0.15) is 11.8 Å². The number of halogens is 2. The first-order chi connectivity index (χ1) is 13.3. The number of ether oxygens (including phenoxy) is 1. The van der Waals surface area contributed by atoms with Crippen LogP contribution < -0.4 is 10.1 Å². The Labute approximate surface area is 165 Å². The average molecular weight is 396 g/mol. The number of alkyl halides is 2. The van der Waals surface area contributed by atoms with Gasteiger partial charge in [-0.05, 0) is 36.5 Å². The summed E-state index contributed by atoms with van der Waals surface area (Å²) in [5, 5.41) is 2.95. The number of hydrogen-bond donors (Lipinski definition) is 1. The number of carbonyl (C=O) groups excluding carboxylic acids is 2. The molecule has 1 atom stereocenters. The molecule has 1 aromatic rings. The Kier molecular flexibility index (Phi) is 8.20. The summed E-state index contributed by atoms with van der Waals surface area (Å²) in [6.45, 7) is 1.27. The molecular weight excluding hydrogens is 366 g/mol. The quantitative estimate of drug-likeness (QED) is 0.723. The third-order valence-electron chi connectivity index (χ3n) is 5.15. The van der Waals surface area contributed by atoms with Crippen LogP contribution in [0.5, 0.6) is 5.75 Å². The van der Waals surface area contributed by atoms with E-state index < -0.39 is 12.7 Å². The minimum Gasteiger partial charge on any atom is -0.435 e. The van der Waals surface area contributed by atoms with E-state index >= 15 is 0 Å². The highest BCUT2D eigenvalue weighted by Crippen LogP contribution is 2.24. The van der Waals surface area contributed by atoms with Crippen molar-refractivity contribution in [3.8, 4) is 5.75 Å². The first-order valence-corrected chi connectivity index (χ1v) is 9.87. The lowest BCUT2D eigenvalue weighted by Gasteiger charge is -2.29. The van der Waals surface area contributed by atoms with Gasteiger partial charge in [-0.1, -0.05) is 45.2 Å². The topological polar surface area (TPSA) is 58.6 Å². The van der Waals surface area contributed by atoms with Crippen LogP contribution in [-0.2, 0) is 16.1 Å². The lowest BCUT2D eigenvalue weighted by atomic mass is 9.88. The first-order valence-electron chi connectivity index (χ1n) is 9.87. The molecule has 28 heavy (non-hydrogen) atoms. The minimum atomic E-state index is -2.87. The SMILES string of the molecule is CC(C)[C@H](NC(=O)C1CCCCC1)C(=O)N(C)Cc1ccc(OC(F)F)cc1. The van der Waals surface area contributed by atoms with E-state index in [0.29, 0.717) is 6.54 Å². The van der Waals surface area contributed by atoms with Gasteiger partial charge in [0.2, 0.25) is 11.8 Å². The van der Waals surface area contributed by atoms with Crippen LogP contribution in [-0.4, -0.2) is 36.4 Å². The number of nitrogens with one attached hydrogen (secondary N) is 1. The zero-order valence-corrected chi connectivity index (χ0v) is 16.8. The largest absolute Gasteiger partial charge is 0.435 e. The second kappa shape index (κ2) is 10.4. The van der Waals surface area contributed by atoms with Crippen LogP contribution in [0.3, 0.4) is 0 Å². The lowest BCUT2D eigenvalue weighted by Crippen LogP contribution is -2.51. The monoisotopic (exact) mass is 396 g/mol. The van der Waals surface area contributed by atoms with Gasteiger partial charge in [-0.15, -0.1) is 0 Å². The second-order valence-corrected chi connectivity index (χ2v) is 7.78. The fourth-order valence-electron chi connectivity index (χ4n) is 3.51. The van der Waals surface area contributed by atoms with Gasteiger partial charge >= 0.3 is 6.61 Å². The maximum Gasteiger partial charge on any atom is 0.387 e. The molecule has 2 amide bonds. The van der Waals surface area contributed by atoms with Gasteiger partial charge in [0, 0.05) is 19.5 Å². The Hall–Kier alpha value is -2.18. The number of nitrogens with zero attached hydrogens (tertiary/aromatic N) is 1. The second-order valence-electron chi connectivity index (χ2n) is 7.78. The number of likely N-dealkylation sites (N-methyl/N-ethyl adjacent to an activating group) is 1. The van der Waals surface area contributed by atoms with E-state index in [9.17, 15) is 18.4 Å². The Balaban J connectivity index is 1.96. The molecule has 0 heterocycles. The maximum atomic E-state index is 12.9. The molecule has 1 aliphatic rings. The van der Waals surface area contributed by atoms with Crippen molar-refractivity contribution in [3.63, 3.8) is 0 Å². The summed E-state index contributed by atoms with van der Waals surface area (Å²) in [6, 6.07) is 5.61. The van der Waals surface area contributed by atoms with E-state index in [2.05, 4.69) is 10.1 Å². The van der Waals surface area contributed by atoms with E-state index in [4.69, 9.17) is 0 Å². The Morgan fingerprint density at radius 1 is 1.14 bits per heavy atom. The normalized spacial score (nSPS) is 16.1. The highest BCUT2D eigenvalue weighted by atomic mass is 19.3. The molecule has 1 aromatic carbocycles. The molecule has 7 heteroatoms. The number of benzene rings is 1. The van der Waals surface area contributed by atoms with Gasteiger partial charge in [0.15, 0.2) is 0 Å². The van der Waals surface area contributed by atoms with Crippen molar-refractivity contribution in [1.29, 1.82) is 0 Å². The van der Waals surface area contributed by atoms with E-state index in [1.165, 1.54) is 18.6 Å². The summed E-state index contributed by atoms with van der Waals surface area (Å²) in [7, 11) is 1.67. The Morgan fingerprint density at radius 2 is 1.75 bits per heavy atom. The van der Waals surface area contributed by atoms with Crippen molar-refractivity contribution >= 4 is 11.8 Å². The van der Waals surface area contributed by atoms with Crippen LogP contribution in [0.4, 0.5) is 8.78 Å². The molecule has 5 nitrogen and oxygen atoms in total. The zero-order valence-electron chi connectivity index (χ0n) is 16.8. The van der Waals surface area contributed by atoms with Crippen LogP contribution in [0.1, 0.15) is 51.5 Å². The van der Waals surface area contributed by atoms with Gasteiger partial charge in [0.25, 0.3) is 0 Å². The Morgan fingerprint density at radius 3 is 2.29 bits per heavy atom. The molecule has 0 spiro atoms. The minimum absolute atomic E-state index is 0.00418. The maximum absolute atomic E-state index is 12.9. The standard InChI is InChI=1S/C21H30F2N2O3/c1-14(2)18(24-19(26)16-7-5-4-6-8-16)20(27)25(3)13-15-9-11-17(12-10-15)28-21(22)23/h9-12,14,16,18,21H,4-8,13H2,1-3H3,(H,24,26)/t18-/m0/s1. The van der Waals surface area contributed by atoms with E-state index in [1.807, 2.05) is 13.8 Å². The summed E-state index contributed by atoms with van der Waals surface area (Å²) < 4.78 is 28.8. The van der Waals surface area contributed by atoms with Crippen molar-refractivity contribution in [3.05, 3.63) is 29.8 Å².